The lowest BCUT2D eigenvalue weighted by atomic mass is 10.0. The molecule has 1 aromatic carbocycles. The van der Waals surface area contributed by atoms with Crippen molar-refractivity contribution < 1.29 is 4.74 Å². The van der Waals surface area contributed by atoms with Crippen LogP contribution in [0.25, 0.3) is 11.3 Å². The highest BCUT2D eigenvalue weighted by Gasteiger charge is 2.05. The zero-order valence-corrected chi connectivity index (χ0v) is 9.05. The van der Waals surface area contributed by atoms with Gasteiger partial charge in [0.1, 0.15) is 0 Å². The number of ether oxygens (including phenoxy) is 1. The lowest BCUT2D eigenvalue weighted by Crippen LogP contribution is -2.00. The monoisotopic (exact) mass is 215 g/mol. The normalized spacial score (nSPS) is 10.1. The molecule has 0 aliphatic carbocycles. The molecular weight excluding hydrogens is 202 g/mol. The van der Waals surface area contributed by atoms with Gasteiger partial charge in [-0.25, -0.2) is 4.98 Å². The lowest BCUT2D eigenvalue weighted by molar-refractivity contribution is 0.380. The molecule has 0 spiro atoms. The molecule has 4 heteroatoms. The molecule has 0 saturated carbocycles. The molecule has 0 amide bonds. The van der Waals surface area contributed by atoms with E-state index in [1.165, 1.54) is 0 Å². The predicted molar refractivity (Wildman–Crippen MR) is 61.9 cm³/mol. The van der Waals surface area contributed by atoms with Gasteiger partial charge in [0.15, 0.2) is 0 Å². The molecular formula is C12H13N3O. The fourth-order valence-corrected chi connectivity index (χ4v) is 1.54. The number of hydrogen-bond donors (Lipinski definition) is 1. The van der Waals surface area contributed by atoms with Crippen molar-refractivity contribution in [1.29, 1.82) is 0 Å². The van der Waals surface area contributed by atoms with Crippen molar-refractivity contribution in [2.45, 2.75) is 6.54 Å². The van der Waals surface area contributed by atoms with Gasteiger partial charge < -0.3 is 10.5 Å². The van der Waals surface area contributed by atoms with Crippen molar-refractivity contribution in [2.75, 3.05) is 7.11 Å². The molecule has 0 atom stereocenters. The summed E-state index contributed by atoms with van der Waals surface area (Å²) in [6.45, 7) is 0.489. The number of nitrogens with two attached hydrogens (primary N) is 1. The zero-order valence-electron chi connectivity index (χ0n) is 9.05. The highest BCUT2D eigenvalue weighted by Crippen LogP contribution is 2.22. The number of nitrogens with zero attached hydrogens (tertiary/aromatic N) is 2. The van der Waals surface area contributed by atoms with Crippen molar-refractivity contribution in [2.24, 2.45) is 5.73 Å². The van der Waals surface area contributed by atoms with E-state index in [2.05, 4.69) is 9.97 Å². The molecule has 0 saturated heterocycles. The van der Waals surface area contributed by atoms with E-state index in [9.17, 15) is 0 Å². The molecule has 2 rings (SSSR count). The predicted octanol–water partition coefficient (Wildman–Crippen LogP) is 1.61. The van der Waals surface area contributed by atoms with Crippen LogP contribution in [0, 0.1) is 0 Å². The largest absolute Gasteiger partial charge is 0.467 e. The Bertz CT molecular complexity index is 485. The number of methoxy groups -OCH3 is 1. The Kier molecular flexibility index (Phi) is 3.12. The first-order valence-electron chi connectivity index (χ1n) is 5.00. The average Bonchev–Trinajstić information content (AvgIpc) is 2.38. The molecule has 1 heterocycles. The van der Waals surface area contributed by atoms with Gasteiger partial charge in [-0.05, 0) is 11.6 Å². The van der Waals surface area contributed by atoms with Crippen LogP contribution >= 0.6 is 0 Å². The third-order valence-electron chi connectivity index (χ3n) is 2.33. The Labute approximate surface area is 94.1 Å². The Morgan fingerprint density at radius 1 is 1.25 bits per heavy atom. The van der Waals surface area contributed by atoms with Gasteiger partial charge in [0.25, 0.3) is 0 Å². The first-order chi connectivity index (χ1) is 7.85. The van der Waals surface area contributed by atoms with E-state index in [-0.39, 0.29) is 0 Å². The summed E-state index contributed by atoms with van der Waals surface area (Å²) in [5.74, 6) is 0. The third-order valence-corrected chi connectivity index (χ3v) is 2.33. The molecule has 82 valence electrons. The lowest BCUT2D eigenvalue weighted by Gasteiger charge is -2.07. The second-order valence-electron chi connectivity index (χ2n) is 3.29. The summed E-state index contributed by atoms with van der Waals surface area (Å²) >= 11 is 0. The van der Waals surface area contributed by atoms with E-state index in [1.54, 1.807) is 13.3 Å². The van der Waals surface area contributed by atoms with Crippen molar-refractivity contribution in [3.63, 3.8) is 0 Å². The van der Waals surface area contributed by atoms with Crippen molar-refractivity contribution in [3.8, 4) is 17.3 Å². The van der Waals surface area contributed by atoms with E-state index in [1.807, 2.05) is 30.3 Å². The molecule has 0 bridgehead atoms. The summed E-state index contributed by atoms with van der Waals surface area (Å²) < 4.78 is 5.00. The van der Waals surface area contributed by atoms with Crippen LogP contribution in [0.1, 0.15) is 5.56 Å². The zero-order chi connectivity index (χ0) is 11.4. The van der Waals surface area contributed by atoms with Gasteiger partial charge >= 0.3 is 6.01 Å². The number of rotatable bonds is 3. The minimum absolute atomic E-state index is 0.365. The summed E-state index contributed by atoms with van der Waals surface area (Å²) in [4.78, 5) is 8.26. The van der Waals surface area contributed by atoms with Gasteiger partial charge in [-0.3, -0.25) is 0 Å². The first kappa shape index (κ1) is 10.6. The maximum Gasteiger partial charge on any atom is 0.316 e. The van der Waals surface area contributed by atoms with Crippen LogP contribution in [0.2, 0.25) is 0 Å². The standard InChI is InChI=1S/C12H13N3O/c1-16-12-14-7-6-11(15-12)10-5-3-2-4-9(10)8-13/h2-7H,8,13H2,1H3. The van der Waals surface area contributed by atoms with Crippen LogP contribution in [0.4, 0.5) is 0 Å². The van der Waals surface area contributed by atoms with Crippen molar-refractivity contribution >= 4 is 0 Å². The molecule has 0 radical (unpaired) electrons. The summed E-state index contributed by atoms with van der Waals surface area (Å²) in [5, 5.41) is 0. The Balaban J connectivity index is 2.49. The SMILES string of the molecule is COc1nccc(-c2ccccc2CN)n1. The van der Waals surface area contributed by atoms with Crippen LogP contribution in [0.5, 0.6) is 6.01 Å². The molecule has 0 unspecified atom stereocenters. The van der Waals surface area contributed by atoms with E-state index < -0.39 is 0 Å². The smallest absolute Gasteiger partial charge is 0.316 e. The fourth-order valence-electron chi connectivity index (χ4n) is 1.54. The topological polar surface area (TPSA) is 61.0 Å². The molecule has 16 heavy (non-hydrogen) atoms. The number of benzene rings is 1. The van der Waals surface area contributed by atoms with E-state index in [0.29, 0.717) is 12.6 Å². The summed E-state index contributed by atoms with van der Waals surface area (Å²) in [6, 6.07) is 10.1. The van der Waals surface area contributed by atoms with Crippen LogP contribution in [-0.2, 0) is 6.54 Å². The van der Waals surface area contributed by atoms with Crippen LogP contribution in [0.15, 0.2) is 36.5 Å². The van der Waals surface area contributed by atoms with Gasteiger partial charge in [-0.2, -0.15) is 4.98 Å². The van der Waals surface area contributed by atoms with E-state index in [0.717, 1.165) is 16.8 Å². The third kappa shape index (κ3) is 2.01. The van der Waals surface area contributed by atoms with Crippen molar-refractivity contribution in [1.82, 2.24) is 9.97 Å². The molecule has 0 aliphatic heterocycles. The molecule has 2 N–H and O–H groups in total. The highest BCUT2D eigenvalue weighted by molar-refractivity contribution is 5.63. The van der Waals surface area contributed by atoms with Crippen LogP contribution in [-0.4, -0.2) is 17.1 Å². The van der Waals surface area contributed by atoms with Crippen molar-refractivity contribution in [3.05, 3.63) is 42.1 Å². The molecule has 0 fully saturated rings. The Morgan fingerprint density at radius 2 is 2.06 bits per heavy atom. The Hall–Kier alpha value is -1.94. The van der Waals surface area contributed by atoms with Gasteiger partial charge in [0.05, 0.1) is 12.8 Å². The average molecular weight is 215 g/mol. The second kappa shape index (κ2) is 4.72. The fraction of sp³-hybridized carbons (Fsp3) is 0.167. The quantitative estimate of drug-likeness (QED) is 0.845. The van der Waals surface area contributed by atoms with E-state index in [4.69, 9.17) is 10.5 Å². The van der Waals surface area contributed by atoms with Gasteiger partial charge in [-0.15, -0.1) is 0 Å². The Morgan fingerprint density at radius 3 is 2.81 bits per heavy atom. The summed E-state index contributed by atoms with van der Waals surface area (Å²) in [5.41, 5.74) is 8.59. The highest BCUT2D eigenvalue weighted by atomic mass is 16.5. The number of hydrogen-bond acceptors (Lipinski definition) is 4. The molecule has 0 aliphatic rings. The summed E-state index contributed by atoms with van der Waals surface area (Å²) in [7, 11) is 1.55. The van der Waals surface area contributed by atoms with E-state index >= 15 is 0 Å². The molecule has 4 nitrogen and oxygen atoms in total. The minimum Gasteiger partial charge on any atom is -0.467 e. The maximum atomic E-state index is 5.68. The van der Waals surface area contributed by atoms with Gasteiger partial charge in [0.2, 0.25) is 0 Å². The van der Waals surface area contributed by atoms with Gasteiger partial charge in [0, 0.05) is 18.3 Å². The number of aromatic nitrogens is 2. The van der Waals surface area contributed by atoms with Crippen LogP contribution < -0.4 is 10.5 Å². The molecule has 1 aromatic heterocycles. The second-order valence-corrected chi connectivity index (χ2v) is 3.29. The minimum atomic E-state index is 0.365. The van der Waals surface area contributed by atoms with Crippen LogP contribution in [0.3, 0.4) is 0 Å². The summed E-state index contributed by atoms with van der Waals surface area (Å²) in [6.07, 6.45) is 1.68. The van der Waals surface area contributed by atoms with Gasteiger partial charge in [-0.1, -0.05) is 24.3 Å². The molecule has 2 aromatic rings. The first-order valence-corrected chi connectivity index (χ1v) is 5.00. The maximum absolute atomic E-state index is 5.68.